The zero-order valence-electron chi connectivity index (χ0n) is 19.8. The second-order valence-electron chi connectivity index (χ2n) is 8.52. The van der Waals surface area contributed by atoms with Gasteiger partial charge in [-0.3, -0.25) is 4.79 Å². The third-order valence-corrected chi connectivity index (χ3v) is 6.12. The van der Waals surface area contributed by atoms with Crippen LogP contribution in [0.1, 0.15) is 18.9 Å². The lowest BCUT2D eigenvalue weighted by atomic mass is 9.86. The zero-order chi connectivity index (χ0) is 27.3. The number of rotatable bonds is 9. The Hall–Kier alpha value is -3.20. The lowest BCUT2D eigenvalue weighted by Gasteiger charge is -2.41. The maximum Gasteiger partial charge on any atom is 0.335 e. The van der Waals surface area contributed by atoms with Crippen LogP contribution in [-0.2, 0) is 35.0 Å². The molecule has 2 aliphatic rings. The van der Waals surface area contributed by atoms with Crippen molar-refractivity contribution in [2.45, 2.75) is 56.8 Å². The van der Waals surface area contributed by atoms with E-state index >= 15 is 0 Å². The average molecular weight is 526 g/mol. The molecule has 7 N–H and O–H groups in total. The van der Waals surface area contributed by atoms with Crippen molar-refractivity contribution in [3.05, 3.63) is 47.2 Å². The number of aromatic hydroxyl groups is 2. The molecule has 1 saturated heterocycles. The van der Waals surface area contributed by atoms with E-state index < -0.39 is 67.9 Å². The van der Waals surface area contributed by atoms with Crippen molar-refractivity contribution >= 4 is 11.9 Å². The number of carboxylic acids is 1. The van der Waals surface area contributed by atoms with Crippen molar-refractivity contribution in [3.63, 3.8) is 0 Å². The molecule has 0 aliphatic carbocycles. The molecule has 2 aliphatic heterocycles. The molecule has 1 aromatic rings. The van der Waals surface area contributed by atoms with Crippen molar-refractivity contribution in [2.75, 3.05) is 13.2 Å². The van der Waals surface area contributed by atoms with E-state index in [4.69, 9.17) is 18.9 Å². The Kier molecular flexibility index (Phi) is 9.48. The van der Waals surface area contributed by atoms with E-state index in [0.717, 1.165) is 6.26 Å². The SMILES string of the molecule is C/C=C1\[C@@H](O[C@@H]2O[C@H](CO)[C@@H](O)[C@H](O)[C@H]2O)OC=C(C(=O)O)[C@@H]1CC(=O)OCCc1ccc(O)c(O)c1. The van der Waals surface area contributed by atoms with Crippen molar-refractivity contribution < 1.29 is 64.3 Å². The van der Waals surface area contributed by atoms with Gasteiger partial charge in [0.05, 0.1) is 31.5 Å². The summed E-state index contributed by atoms with van der Waals surface area (Å²) in [5.74, 6) is -3.70. The fourth-order valence-corrected chi connectivity index (χ4v) is 4.05. The number of benzene rings is 1. The van der Waals surface area contributed by atoms with Crippen molar-refractivity contribution in [2.24, 2.45) is 5.92 Å². The number of carbonyl (C=O) groups is 2. The number of phenols is 2. The summed E-state index contributed by atoms with van der Waals surface area (Å²) in [4.78, 5) is 24.4. The molecule has 0 bridgehead atoms. The van der Waals surface area contributed by atoms with E-state index in [1.54, 1.807) is 13.0 Å². The monoisotopic (exact) mass is 526 g/mol. The lowest BCUT2D eigenvalue weighted by molar-refractivity contribution is -0.327. The standard InChI is InChI=1S/C24H30O13/c1-2-12-13(8-18(28)34-6-5-11-3-4-15(26)16(27)7-11)14(22(32)33)10-35-23(12)37-24-21(31)20(30)19(29)17(9-25)36-24/h2-4,7,10,13,17,19-21,23-27,29-31H,5-6,8-9H2,1H3,(H,32,33)/b12-2-/t13-,17-,19-,20+,21-,23-,24+/m1/s1. The summed E-state index contributed by atoms with van der Waals surface area (Å²) in [5.41, 5.74) is 0.557. The number of esters is 1. The van der Waals surface area contributed by atoms with Crippen LogP contribution in [0, 0.1) is 5.92 Å². The highest BCUT2D eigenvalue weighted by atomic mass is 16.8. The van der Waals surface area contributed by atoms with Gasteiger partial charge in [0.15, 0.2) is 17.8 Å². The third kappa shape index (κ3) is 6.57. The van der Waals surface area contributed by atoms with Gasteiger partial charge in [-0.1, -0.05) is 12.1 Å². The average Bonchev–Trinajstić information content (AvgIpc) is 2.86. The fourth-order valence-electron chi connectivity index (χ4n) is 4.05. The summed E-state index contributed by atoms with van der Waals surface area (Å²) in [7, 11) is 0. The first kappa shape index (κ1) is 28.4. The largest absolute Gasteiger partial charge is 0.504 e. The molecule has 2 heterocycles. The molecule has 0 aromatic heterocycles. The van der Waals surface area contributed by atoms with Gasteiger partial charge < -0.3 is 54.7 Å². The fraction of sp³-hybridized carbons (Fsp3) is 0.500. The summed E-state index contributed by atoms with van der Waals surface area (Å²) in [5, 5.41) is 68.1. The molecular formula is C24H30O13. The molecule has 1 fully saturated rings. The maximum atomic E-state index is 12.6. The number of phenolic OH excluding ortho intramolecular Hbond substituents is 2. The Balaban J connectivity index is 1.68. The molecular weight excluding hydrogens is 496 g/mol. The van der Waals surface area contributed by atoms with E-state index in [1.807, 2.05) is 0 Å². The van der Waals surface area contributed by atoms with Gasteiger partial charge in [0, 0.05) is 17.9 Å². The molecule has 3 rings (SSSR count). The topological polar surface area (TPSA) is 213 Å². The zero-order valence-corrected chi connectivity index (χ0v) is 19.8. The van der Waals surface area contributed by atoms with Gasteiger partial charge >= 0.3 is 11.9 Å². The molecule has 0 amide bonds. The Morgan fingerprint density at radius 1 is 1.08 bits per heavy atom. The van der Waals surface area contributed by atoms with Crippen LogP contribution >= 0.6 is 0 Å². The highest BCUT2D eigenvalue weighted by Gasteiger charge is 2.46. The van der Waals surface area contributed by atoms with Crippen LogP contribution in [0.15, 0.2) is 41.7 Å². The molecule has 0 unspecified atom stereocenters. The molecule has 37 heavy (non-hydrogen) atoms. The summed E-state index contributed by atoms with van der Waals surface area (Å²) in [6, 6.07) is 4.17. The Labute approximate surface area is 211 Å². The first-order valence-corrected chi connectivity index (χ1v) is 11.4. The highest BCUT2D eigenvalue weighted by Crippen LogP contribution is 2.36. The molecule has 13 nitrogen and oxygen atoms in total. The first-order valence-electron chi connectivity index (χ1n) is 11.4. The summed E-state index contributed by atoms with van der Waals surface area (Å²) >= 11 is 0. The molecule has 204 valence electrons. The van der Waals surface area contributed by atoms with Crippen LogP contribution in [0.25, 0.3) is 0 Å². The van der Waals surface area contributed by atoms with Crippen LogP contribution in [0.2, 0.25) is 0 Å². The van der Waals surface area contributed by atoms with Gasteiger partial charge in [0.25, 0.3) is 0 Å². The van der Waals surface area contributed by atoms with Gasteiger partial charge in [-0.15, -0.1) is 0 Å². The van der Waals surface area contributed by atoms with Gasteiger partial charge in [-0.2, -0.15) is 0 Å². The van der Waals surface area contributed by atoms with Crippen molar-refractivity contribution in [3.8, 4) is 11.5 Å². The molecule has 0 spiro atoms. The summed E-state index contributed by atoms with van der Waals surface area (Å²) < 4.78 is 21.6. The van der Waals surface area contributed by atoms with E-state index in [9.17, 15) is 45.3 Å². The minimum atomic E-state index is -1.72. The van der Waals surface area contributed by atoms with E-state index in [1.165, 1.54) is 18.2 Å². The quantitative estimate of drug-likeness (QED) is 0.120. The van der Waals surface area contributed by atoms with Crippen LogP contribution < -0.4 is 0 Å². The van der Waals surface area contributed by atoms with Gasteiger partial charge in [0.2, 0.25) is 6.29 Å². The Morgan fingerprint density at radius 2 is 1.81 bits per heavy atom. The number of carbonyl (C=O) groups excluding carboxylic acids is 1. The Bertz CT molecular complexity index is 1030. The Morgan fingerprint density at radius 3 is 2.43 bits per heavy atom. The maximum absolute atomic E-state index is 12.6. The summed E-state index contributed by atoms with van der Waals surface area (Å²) in [6.45, 7) is 0.811. The minimum Gasteiger partial charge on any atom is -0.504 e. The second kappa shape index (κ2) is 12.4. The molecule has 7 atom stereocenters. The van der Waals surface area contributed by atoms with Gasteiger partial charge in [0.1, 0.15) is 24.4 Å². The highest BCUT2D eigenvalue weighted by molar-refractivity contribution is 5.89. The predicted molar refractivity (Wildman–Crippen MR) is 122 cm³/mol. The van der Waals surface area contributed by atoms with Gasteiger partial charge in [-0.05, 0) is 24.6 Å². The molecule has 1 aromatic carbocycles. The van der Waals surface area contributed by atoms with Gasteiger partial charge in [-0.25, -0.2) is 4.79 Å². The minimum absolute atomic E-state index is 0.0750. The smallest absolute Gasteiger partial charge is 0.335 e. The first-order chi connectivity index (χ1) is 17.6. The predicted octanol–water partition coefficient (Wildman–Crippen LogP) is -0.723. The number of hydrogen-bond acceptors (Lipinski definition) is 12. The van der Waals surface area contributed by atoms with E-state index in [2.05, 4.69) is 0 Å². The van der Waals surface area contributed by atoms with Crippen LogP contribution in [0.3, 0.4) is 0 Å². The normalized spacial score (nSPS) is 30.9. The van der Waals surface area contributed by atoms with Crippen LogP contribution in [-0.4, -0.2) is 97.9 Å². The van der Waals surface area contributed by atoms with E-state index in [-0.39, 0.29) is 35.7 Å². The van der Waals surface area contributed by atoms with Crippen LogP contribution in [0.5, 0.6) is 11.5 Å². The number of aliphatic hydroxyl groups is 4. The number of allylic oxidation sites excluding steroid dienone is 1. The number of hydrogen-bond donors (Lipinski definition) is 7. The number of aliphatic hydroxyl groups excluding tert-OH is 4. The molecule has 13 heteroatoms. The number of aliphatic carboxylic acids is 1. The second-order valence-corrected chi connectivity index (χ2v) is 8.52. The number of carboxylic acid groups (broad SMARTS) is 1. The number of ether oxygens (including phenoxy) is 4. The van der Waals surface area contributed by atoms with Crippen molar-refractivity contribution in [1.29, 1.82) is 0 Å². The van der Waals surface area contributed by atoms with Crippen molar-refractivity contribution in [1.82, 2.24) is 0 Å². The summed E-state index contributed by atoms with van der Waals surface area (Å²) in [6.07, 6.45) is -6.90. The van der Waals surface area contributed by atoms with Crippen LogP contribution in [0.4, 0.5) is 0 Å². The van der Waals surface area contributed by atoms with E-state index in [0.29, 0.717) is 5.56 Å². The lowest BCUT2D eigenvalue weighted by Crippen LogP contribution is -2.60. The molecule has 0 saturated carbocycles. The third-order valence-electron chi connectivity index (χ3n) is 6.12. The molecule has 0 radical (unpaired) electrons.